The van der Waals surface area contributed by atoms with Gasteiger partial charge in [0.1, 0.15) is 22.5 Å². The fraction of sp³-hybridized carbons (Fsp3) is 0.353. The number of primary amides is 2. The quantitative estimate of drug-likeness (QED) is 0.0777. The van der Waals surface area contributed by atoms with Crippen molar-refractivity contribution in [2.24, 2.45) is 22.3 Å². The van der Waals surface area contributed by atoms with Gasteiger partial charge in [-0.25, -0.2) is 18.4 Å². The lowest BCUT2D eigenvalue weighted by Gasteiger charge is -2.42. The minimum atomic E-state index is -5.08. The standard InChI is InChI=1S/2C32H31Cl2FN4O3.2C2HF3O2/c2*1-16-38(20-9-5-17(6-10-20)28(36)40)29(41)27-26(18-7-12-23(35)22(34)13-18)32(25(39(16)27)15-31(2,3)4)21-11-8-19(33)14-24(21)37-30(32)42;2*3-2(4,5)1(6)7/h2*5-14,16,25-27H,15H2,1-4H3,(H2,36,40)(H,37,42);2*(H,6,7)/t16-,25+,26+,27-,32+;16-,25+,26+,27-,32-;;/m11../s1. The number of amides is 6. The van der Waals surface area contributed by atoms with E-state index in [1.807, 2.05) is 26.0 Å². The van der Waals surface area contributed by atoms with Crippen LogP contribution in [-0.2, 0) is 39.6 Å². The van der Waals surface area contributed by atoms with Crippen LogP contribution >= 0.6 is 46.4 Å². The van der Waals surface area contributed by atoms with Gasteiger partial charge in [0.05, 0.1) is 34.5 Å². The van der Waals surface area contributed by atoms with Gasteiger partial charge in [-0.1, -0.05) is 112 Å². The number of carbonyl (C=O) groups is 8. The molecule has 6 aromatic rings. The molecule has 8 N–H and O–H groups in total. The minimum Gasteiger partial charge on any atom is -0.475 e. The van der Waals surface area contributed by atoms with E-state index in [4.69, 9.17) is 77.7 Å². The van der Waals surface area contributed by atoms with E-state index >= 15 is 0 Å². The lowest BCUT2D eigenvalue weighted by molar-refractivity contribution is -0.193. The van der Waals surface area contributed by atoms with Crippen LogP contribution in [0.5, 0.6) is 0 Å². The molecule has 6 amide bonds. The SMILES string of the molecule is C[C@@H]1N(c2ccc(C(N)=O)cc2)C(=O)[C@H]2[C@H](c3ccc(F)c(Cl)c3)[C@@]3(C(=O)Nc4cc(Cl)ccc43)[C@H](CC(C)(C)C)N12.C[C@@H]1N(c2ccc(C(N)=O)cc2)C(=O)[C@H]2[C@H](c3ccc(F)c(Cl)c3)[C@]3(C(=O)Nc4cc(Cl)ccc43)[C@H](CC(C)(C)C)N12.O=C(O)C(F)(F)F.O=C(O)C(F)(F)F. The van der Waals surface area contributed by atoms with Crippen LogP contribution in [0.4, 0.5) is 57.9 Å². The average Bonchev–Trinajstić information content (AvgIpc) is 1.51. The van der Waals surface area contributed by atoms with E-state index in [1.165, 1.54) is 24.3 Å². The molecule has 30 heteroatoms. The highest BCUT2D eigenvalue weighted by Gasteiger charge is 2.74. The van der Waals surface area contributed by atoms with Crippen molar-refractivity contribution in [3.05, 3.63) is 186 Å². The molecule has 520 valence electrons. The fourth-order valence-corrected chi connectivity index (χ4v) is 15.5. The Morgan fingerprint density at radius 3 is 1.07 bits per heavy atom. The Morgan fingerprint density at radius 2 is 0.806 bits per heavy atom. The first kappa shape index (κ1) is 73.8. The Hall–Kier alpha value is -8.40. The van der Waals surface area contributed by atoms with Crippen molar-refractivity contribution in [3.63, 3.8) is 0 Å². The predicted molar refractivity (Wildman–Crippen MR) is 350 cm³/mol. The van der Waals surface area contributed by atoms with Crippen molar-refractivity contribution < 1.29 is 83.7 Å². The molecule has 10 atom stereocenters. The van der Waals surface area contributed by atoms with Crippen LogP contribution < -0.4 is 31.9 Å². The molecule has 0 bridgehead atoms. The highest BCUT2D eigenvalue weighted by molar-refractivity contribution is 6.32. The van der Waals surface area contributed by atoms with Crippen molar-refractivity contribution in [2.75, 3.05) is 20.4 Å². The summed E-state index contributed by atoms with van der Waals surface area (Å²) in [5, 5.41) is 21.2. The summed E-state index contributed by atoms with van der Waals surface area (Å²) in [6.45, 7) is 16.5. The summed E-state index contributed by atoms with van der Waals surface area (Å²) < 4.78 is 92.4. The number of carboxylic acids is 2. The van der Waals surface area contributed by atoms with E-state index in [0.717, 1.165) is 11.1 Å². The topological polar surface area (TPSA) is 266 Å². The number of anilines is 4. The first-order valence-corrected chi connectivity index (χ1v) is 31.6. The van der Waals surface area contributed by atoms with E-state index in [2.05, 4.69) is 62.0 Å². The van der Waals surface area contributed by atoms with Gasteiger partial charge in [0, 0.05) is 67.8 Å². The molecule has 4 fully saturated rings. The van der Waals surface area contributed by atoms with Gasteiger partial charge in [-0.15, -0.1) is 0 Å². The molecule has 0 radical (unpaired) electrons. The number of halogens is 12. The minimum absolute atomic E-state index is 0.0828. The monoisotopic (exact) mass is 1440 g/mol. The summed E-state index contributed by atoms with van der Waals surface area (Å²) in [6.07, 6.45) is -9.90. The highest BCUT2D eigenvalue weighted by Crippen LogP contribution is 2.65. The lowest BCUT2D eigenvalue weighted by Crippen LogP contribution is -2.54. The summed E-state index contributed by atoms with van der Waals surface area (Å²) in [7, 11) is 0. The van der Waals surface area contributed by atoms with Crippen LogP contribution in [0.1, 0.15) is 123 Å². The second-order valence-corrected chi connectivity index (χ2v) is 28.5. The van der Waals surface area contributed by atoms with E-state index in [0.29, 0.717) is 67.9 Å². The smallest absolute Gasteiger partial charge is 0.475 e. The average molecular weight is 1450 g/mol. The van der Waals surface area contributed by atoms with E-state index < -0.39 is 107 Å². The zero-order valence-corrected chi connectivity index (χ0v) is 56.2. The van der Waals surface area contributed by atoms with E-state index in [-0.39, 0.29) is 44.5 Å². The van der Waals surface area contributed by atoms with Crippen LogP contribution in [0.2, 0.25) is 20.1 Å². The fourth-order valence-electron chi connectivity index (χ4n) is 14.8. The largest absolute Gasteiger partial charge is 0.490 e. The van der Waals surface area contributed by atoms with Crippen molar-refractivity contribution in [3.8, 4) is 0 Å². The summed E-state index contributed by atoms with van der Waals surface area (Å²) in [6, 6.07) is 30.4. The van der Waals surface area contributed by atoms with Gasteiger partial charge >= 0.3 is 24.3 Å². The van der Waals surface area contributed by atoms with Gasteiger partial charge in [-0.2, -0.15) is 26.3 Å². The Balaban J connectivity index is 0.000000192. The molecule has 12 rings (SSSR count). The number of carboxylic acid groups (broad SMARTS) is 2. The number of aliphatic carboxylic acids is 2. The molecule has 6 aliphatic rings. The van der Waals surface area contributed by atoms with Crippen molar-refractivity contribution in [2.45, 2.75) is 140 Å². The van der Waals surface area contributed by atoms with Gasteiger partial charge in [0.15, 0.2) is 0 Å². The molecule has 0 unspecified atom stereocenters. The Labute approximate surface area is 576 Å². The molecule has 6 aromatic carbocycles. The maximum Gasteiger partial charge on any atom is 0.490 e. The van der Waals surface area contributed by atoms with Gasteiger partial charge in [0.25, 0.3) is 0 Å². The van der Waals surface area contributed by atoms with Gasteiger partial charge < -0.3 is 32.3 Å². The molecule has 2 spiro atoms. The Bertz CT molecular complexity index is 3970. The third-order valence-electron chi connectivity index (χ3n) is 18.3. The van der Waals surface area contributed by atoms with E-state index in [1.54, 1.807) is 94.7 Å². The van der Waals surface area contributed by atoms with Crippen LogP contribution in [-0.4, -0.2) is 116 Å². The first-order valence-electron chi connectivity index (χ1n) is 30.1. The summed E-state index contributed by atoms with van der Waals surface area (Å²) >= 11 is 25.3. The molecule has 0 saturated carbocycles. The zero-order valence-electron chi connectivity index (χ0n) is 53.2. The predicted octanol–water partition coefficient (Wildman–Crippen LogP) is 13.4. The van der Waals surface area contributed by atoms with Crippen LogP contribution in [0.25, 0.3) is 0 Å². The molecular formula is C68H64Cl4F8N8O10. The number of nitrogens with zero attached hydrogens (tertiary/aromatic N) is 4. The van der Waals surface area contributed by atoms with Crippen LogP contribution in [0.3, 0.4) is 0 Å². The molecule has 0 aromatic heterocycles. The second-order valence-electron chi connectivity index (χ2n) is 26.8. The molecule has 4 saturated heterocycles. The molecule has 98 heavy (non-hydrogen) atoms. The Morgan fingerprint density at radius 1 is 0.500 bits per heavy atom. The lowest BCUT2D eigenvalue weighted by atomic mass is 9.62. The van der Waals surface area contributed by atoms with Gasteiger partial charge in [-0.05, 0) is 157 Å². The van der Waals surface area contributed by atoms with Crippen molar-refractivity contribution in [1.82, 2.24) is 9.80 Å². The maximum absolute atomic E-state index is 14.6. The van der Waals surface area contributed by atoms with Crippen LogP contribution in [0, 0.1) is 22.5 Å². The van der Waals surface area contributed by atoms with E-state index in [9.17, 15) is 63.9 Å². The molecule has 0 aliphatic carbocycles. The number of hydrogen-bond acceptors (Lipinski definition) is 10. The normalized spacial score (nSPS) is 24.7. The number of nitrogens with two attached hydrogens (primary N) is 2. The third kappa shape index (κ3) is 13.4. The molecule has 6 aliphatic heterocycles. The number of hydrogen-bond donors (Lipinski definition) is 6. The maximum atomic E-state index is 14.6. The third-order valence-corrected chi connectivity index (χ3v) is 19.3. The molecule has 6 heterocycles. The van der Waals surface area contributed by atoms with Crippen molar-refractivity contribution in [1.29, 1.82) is 0 Å². The first-order chi connectivity index (χ1) is 45.4. The summed E-state index contributed by atoms with van der Waals surface area (Å²) in [5.41, 5.74) is 13.8. The number of benzene rings is 6. The van der Waals surface area contributed by atoms with Crippen molar-refractivity contribution >= 4 is 117 Å². The number of fused-ring (bicyclic) bond motifs is 6. The molecule has 18 nitrogen and oxygen atoms in total. The highest BCUT2D eigenvalue weighted by atomic mass is 35.5. The second kappa shape index (κ2) is 26.7. The summed E-state index contributed by atoms with van der Waals surface area (Å²) in [5.74, 6) is -10.1. The zero-order chi connectivity index (χ0) is 72.8. The summed E-state index contributed by atoms with van der Waals surface area (Å²) in [4.78, 5) is 107. The van der Waals surface area contributed by atoms with Gasteiger partial charge in [0.2, 0.25) is 35.4 Å². The number of rotatable bonds is 8. The number of nitrogens with one attached hydrogen (secondary N) is 2. The number of carbonyl (C=O) groups excluding carboxylic acids is 6. The Kier molecular flexibility index (Phi) is 20.1. The van der Waals surface area contributed by atoms with Gasteiger partial charge in [-0.3, -0.25) is 48.4 Å². The number of alkyl halides is 6. The molecular weight excluding hydrogens is 1380 g/mol. The van der Waals surface area contributed by atoms with Crippen LogP contribution in [0.15, 0.2) is 121 Å².